The summed E-state index contributed by atoms with van der Waals surface area (Å²) in [5.41, 5.74) is -0.560. The minimum Gasteiger partial charge on any atom is -0.486 e. The van der Waals surface area contributed by atoms with Crippen molar-refractivity contribution in [3.05, 3.63) is 23.8 Å². The topological polar surface area (TPSA) is 77.5 Å². The van der Waals surface area contributed by atoms with E-state index in [1.807, 2.05) is 36.9 Å². The first-order chi connectivity index (χ1) is 15.2. The number of nitrogens with zero attached hydrogens (tertiary/aromatic N) is 1. The van der Waals surface area contributed by atoms with Gasteiger partial charge in [0.05, 0.1) is 35.6 Å². The SMILES string of the molecule is CC(C)(O)[C@@H]1CC[C@@]2(C)OCC3(CCN(C(=O)c4cccc5c4OCCO5)CC3)C[C@@H]2O1. The molecule has 4 aliphatic rings. The van der Waals surface area contributed by atoms with Gasteiger partial charge in [0.1, 0.15) is 13.2 Å². The van der Waals surface area contributed by atoms with Crippen molar-refractivity contribution in [2.24, 2.45) is 5.41 Å². The molecule has 3 fully saturated rings. The average Bonchev–Trinajstić information content (AvgIpc) is 2.78. The molecule has 0 saturated carbocycles. The number of benzene rings is 1. The van der Waals surface area contributed by atoms with Gasteiger partial charge in [-0.2, -0.15) is 0 Å². The molecule has 0 radical (unpaired) electrons. The molecule has 3 atom stereocenters. The maximum atomic E-state index is 13.3. The first-order valence-corrected chi connectivity index (χ1v) is 11.9. The maximum Gasteiger partial charge on any atom is 0.257 e. The summed E-state index contributed by atoms with van der Waals surface area (Å²) in [6.45, 7) is 8.83. The summed E-state index contributed by atoms with van der Waals surface area (Å²) in [7, 11) is 0. The van der Waals surface area contributed by atoms with Gasteiger partial charge in [-0.3, -0.25) is 4.79 Å². The van der Waals surface area contributed by atoms with Crippen molar-refractivity contribution in [2.75, 3.05) is 32.9 Å². The quantitative estimate of drug-likeness (QED) is 0.754. The number of likely N-dealkylation sites (tertiary alicyclic amines) is 1. The fourth-order valence-corrected chi connectivity index (χ4v) is 5.65. The van der Waals surface area contributed by atoms with Gasteiger partial charge in [0, 0.05) is 13.1 Å². The Morgan fingerprint density at radius 1 is 1.16 bits per heavy atom. The highest BCUT2D eigenvalue weighted by molar-refractivity contribution is 5.98. The number of para-hydroxylation sites is 1. The van der Waals surface area contributed by atoms with Crippen LogP contribution in [0.15, 0.2) is 18.2 Å². The molecular formula is C25H35NO6. The molecule has 1 amide bonds. The third-order valence-corrected chi connectivity index (χ3v) is 7.93. The summed E-state index contributed by atoms with van der Waals surface area (Å²) in [6, 6.07) is 5.52. The number of carbonyl (C=O) groups is 1. The summed E-state index contributed by atoms with van der Waals surface area (Å²) in [6.07, 6.45) is 4.17. The molecule has 1 N–H and O–H groups in total. The van der Waals surface area contributed by atoms with Crippen LogP contribution >= 0.6 is 0 Å². The molecule has 176 valence electrons. The van der Waals surface area contributed by atoms with Gasteiger partial charge in [-0.1, -0.05) is 6.07 Å². The number of aliphatic hydroxyl groups is 1. The van der Waals surface area contributed by atoms with Crippen molar-refractivity contribution in [1.82, 2.24) is 4.90 Å². The van der Waals surface area contributed by atoms with Gasteiger partial charge in [-0.25, -0.2) is 0 Å². The smallest absolute Gasteiger partial charge is 0.257 e. The van der Waals surface area contributed by atoms with E-state index >= 15 is 0 Å². The molecule has 0 aliphatic carbocycles. The van der Waals surface area contributed by atoms with Gasteiger partial charge in [0.25, 0.3) is 5.91 Å². The van der Waals surface area contributed by atoms with Crippen LogP contribution in [-0.2, 0) is 9.47 Å². The average molecular weight is 446 g/mol. The van der Waals surface area contributed by atoms with E-state index in [-0.39, 0.29) is 29.1 Å². The number of piperidine rings is 1. The van der Waals surface area contributed by atoms with Gasteiger partial charge < -0.3 is 29.0 Å². The van der Waals surface area contributed by atoms with Crippen LogP contribution in [0.1, 0.15) is 63.2 Å². The second-order valence-electron chi connectivity index (χ2n) is 10.7. The second-order valence-corrected chi connectivity index (χ2v) is 10.7. The third kappa shape index (κ3) is 3.88. The number of ether oxygens (including phenoxy) is 4. The standard InChI is InChI=1S/C25H35NO6/c1-23(2,28)19-7-8-24(3)20(32-19)15-25(16-31-24)9-11-26(12-10-25)22(27)17-5-4-6-18-21(17)30-14-13-29-18/h4-6,19-20,28H,7-16H2,1-3H3/t19-,20-,24+/m0/s1. The number of hydrogen-bond acceptors (Lipinski definition) is 6. The summed E-state index contributed by atoms with van der Waals surface area (Å²) in [4.78, 5) is 15.2. The largest absolute Gasteiger partial charge is 0.486 e. The Hall–Kier alpha value is -1.83. The molecule has 0 unspecified atom stereocenters. The van der Waals surface area contributed by atoms with Crippen molar-refractivity contribution < 1.29 is 28.8 Å². The normalized spacial score (nSPS) is 31.8. The van der Waals surface area contributed by atoms with E-state index < -0.39 is 5.60 Å². The Balaban J connectivity index is 1.26. The second kappa shape index (κ2) is 7.89. The minimum atomic E-state index is -0.859. The van der Waals surface area contributed by atoms with E-state index in [2.05, 4.69) is 6.92 Å². The Morgan fingerprint density at radius 3 is 2.66 bits per heavy atom. The fourth-order valence-electron chi connectivity index (χ4n) is 5.65. The zero-order chi connectivity index (χ0) is 22.6. The fraction of sp³-hybridized carbons (Fsp3) is 0.720. The summed E-state index contributed by atoms with van der Waals surface area (Å²) >= 11 is 0. The van der Waals surface area contributed by atoms with Crippen molar-refractivity contribution in [1.29, 1.82) is 0 Å². The Morgan fingerprint density at radius 2 is 1.91 bits per heavy atom. The highest BCUT2D eigenvalue weighted by Crippen LogP contribution is 2.49. The number of rotatable bonds is 2. The lowest BCUT2D eigenvalue weighted by molar-refractivity contribution is -0.271. The van der Waals surface area contributed by atoms with Crippen LogP contribution in [0.25, 0.3) is 0 Å². The first-order valence-electron chi connectivity index (χ1n) is 11.9. The molecule has 3 saturated heterocycles. The molecular weight excluding hydrogens is 410 g/mol. The minimum absolute atomic E-state index is 0.000207. The van der Waals surface area contributed by atoms with Gasteiger partial charge in [0.2, 0.25) is 0 Å². The molecule has 4 heterocycles. The van der Waals surface area contributed by atoms with Gasteiger partial charge >= 0.3 is 0 Å². The highest BCUT2D eigenvalue weighted by Gasteiger charge is 2.53. The molecule has 1 aromatic rings. The van der Waals surface area contributed by atoms with Crippen molar-refractivity contribution in [2.45, 2.75) is 76.3 Å². The third-order valence-electron chi connectivity index (χ3n) is 7.93. The van der Waals surface area contributed by atoms with Crippen LogP contribution < -0.4 is 9.47 Å². The zero-order valence-corrected chi connectivity index (χ0v) is 19.4. The lowest BCUT2D eigenvalue weighted by Gasteiger charge is -2.56. The maximum absolute atomic E-state index is 13.3. The molecule has 4 aliphatic heterocycles. The van der Waals surface area contributed by atoms with Gasteiger partial charge in [-0.15, -0.1) is 0 Å². The molecule has 1 aromatic carbocycles. The molecule has 0 bridgehead atoms. The van der Waals surface area contributed by atoms with Gasteiger partial charge in [0.15, 0.2) is 11.5 Å². The van der Waals surface area contributed by atoms with Crippen molar-refractivity contribution >= 4 is 5.91 Å². The molecule has 7 nitrogen and oxygen atoms in total. The Kier molecular flexibility index (Phi) is 5.42. The zero-order valence-electron chi connectivity index (χ0n) is 19.4. The van der Waals surface area contributed by atoms with Crippen LogP contribution in [0.2, 0.25) is 0 Å². The Labute approximate surface area is 190 Å². The number of hydrogen-bond donors (Lipinski definition) is 1. The molecule has 7 heteroatoms. The highest BCUT2D eigenvalue weighted by atomic mass is 16.6. The van der Waals surface area contributed by atoms with E-state index in [9.17, 15) is 9.90 Å². The van der Waals surface area contributed by atoms with E-state index in [0.29, 0.717) is 50.0 Å². The van der Waals surface area contributed by atoms with E-state index in [1.54, 1.807) is 0 Å². The Bertz CT molecular complexity index is 872. The lowest BCUT2D eigenvalue weighted by Crippen LogP contribution is -2.61. The van der Waals surface area contributed by atoms with Crippen molar-refractivity contribution in [3.8, 4) is 11.5 Å². The summed E-state index contributed by atoms with van der Waals surface area (Å²) in [5, 5.41) is 10.5. The predicted molar refractivity (Wildman–Crippen MR) is 118 cm³/mol. The van der Waals surface area contributed by atoms with Crippen molar-refractivity contribution in [3.63, 3.8) is 0 Å². The lowest BCUT2D eigenvalue weighted by atomic mass is 9.68. The predicted octanol–water partition coefficient (Wildman–Crippen LogP) is 3.18. The molecule has 0 aromatic heterocycles. The number of fused-ring (bicyclic) bond motifs is 2. The monoisotopic (exact) mass is 445 g/mol. The molecule has 1 spiro atoms. The van der Waals surface area contributed by atoms with E-state index in [0.717, 1.165) is 32.1 Å². The number of amides is 1. The molecule has 5 rings (SSSR count). The molecule has 32 heavy (non-hydrogen) atoms. The van der Waals surface area contributed by atoms with E-state index in [1.165, 1.54) is 0 Å². The number of carbonyl (C=O) groups excluding carboxylic acids is 1. The summed E-state index contributed by atoms with van der Waals surface area (Å²) in [5.74, 6) is 1.21. The van der Waals surface area contributed by atoms with Crippen LogP contribution in [0.4, 0.5) is 0 Å². The van der Waals surface area contributed by atoms with Crippen LogP contribution in [0.5, 0.6) is 11.5 Å². The van der Waals surface area contributed by atoms with Crippen LogP contribution in [0, 0.1) is 5.41 Å². The van der Waals surface area contributed by atoms with Crippen LogP contribution in [0.3, 0.4) is 0 Å². The van der Waals surface area contributed by atoms with E-state index in [4.69, 9.17) is 18.9 Å². The van der Waals surface area contributed by atoms with Crippen LogP contribution in [-0.4, -0.2) is 72.2 Å². The van der Waals surface area contributed by atoms with Gasteiger partial charge in [-0.05, 0) is 70.4 Å². The summed E-state index contributed by atoms with van der Waals surface area (Å²) < 4.78 is 24.2. The first kappa shape index (κ1) is 22.0.